The fourth-order valence-corrected chi connectivity index (χ4v) is 2.73. The lowest BCUT2D eigenvalue weighted by molar-refractivity contribution is 0.340. The van der Waals surface area contributed by atoms with Crippen LogP contribution >= 0.6 is 11.6 Å². The molecule has 116 valence electrons. The molecule has 0 unspecified atom stereocenters. The maximum absolute atomic E-state index is 6.17. The van der Waals surface area contributed by atoms with Crippen molar-refractivity contribution in [3.8, 4) is 5.75 Å². The van der Waals surface area contributed by atoms with Crippen LogP contribution in [0.2, 0.25) is 5.02 Å². The molecule has 0 amide bonds. The molecule has 0 aliphatic carbocycles. The molecule has 3 aromatic carbocycles. The molecule has 0 aromatic heterocycles. The van der Waals surface area contributed by atoms with Crippen LogP contribution in [0.25, 0.3) is 10.8 Å². The van der Waals surface area contributed by atoms with Crippen LogP contribution in [-0.2, 0) is 0 Å². The Balaban J connectivity index is 2.12. The minimum Gasteiger partial charge on any atom is -0.493 e. The van der Waals surface area contributed by atoms with Crippen molar-refractivity contribution in [3.63, 3.8) is 0 Å². The quantitative estimate of drug-likeness (QED) is 0.543. The van der Waals surface area contributed by atoms with E-state index in [1.165, 1.54) is 5.39 Å². The highest BCUT2D eigenvalue weighted by Gasteiger charge is 2.07. The summed E-state index contributed by atoms with van der Waals surface area (Å²) >= 11 is 6.17. The topological polar surface area (TPSA) is 21.6 Å². The van der Waals surface area contributed by atoms with Gasteiger partial charge in [0.2, 0.25) is 0 Å². The zero-order valence-corrected chi connectivity index (χ0v) is 14.0. The summed E-state index contributed by atoms with van der Waals surface area (Å²) in [4.78, 5) is 4.64. The zero-order chi connectivity index (χ0) is 16.2. The minimum absolute atomic E-state index is 0.620. The van der Waals surface area contributed by atoms with Gasteiger partial charge in [-0.15, -0.1) is 0 Å². The van der Waals surface area contributed by atoms with E-state index in [9.17, 15) is 0 Å². The van der Waals surface area contributed by atoms with Gasteiger partial charge in [0.05, 0.1) is 12.3 Å². The highest BCUT2D eigenvalue weighted by atomic mass is 35.5. The molecule has 0 aliphatic rings. The maximum Gasteiger partial charge on any atom is 0.128 e. The van der Waals surface area contributed by atoms with Gasteiger partial charge in [0.15, 0.2) is 0 Å². The monoisotopic (exact) mass is 323 g/mol. The van der Waals surface area contributed by atoms with Gasteiger partial charge in [-0.3, -0.25) is 4.99 Å². The van der Waals surface area contributed by atoms with Gasteiger partial charge in [-0.1, -0.05) is 48.0 Å². The molecule has 0 radical (unpaired) electrons. The van der Waals surface area contributed by atoms with Crippen LogP contribution in [0.5, 0.6) is 5.75 Å². The first kappa shape index (κ1) is 15.6. The van der Waals surface area contributed by atoms with Gasteiger partial charge in [0.1, 0.15) is 5.75 Å². The number of hydrogen-bond donors (Lipinski definition) is 0. The number of fused-ring (bicyclic) bond motifs is 1. The summed E-state index contributed by atoms with van der Waals surface area (Å²) in [5.41, 5.74) is 2.83. The van der Waals surface area contributed by atoms with Crippen molar-refractivity contribution in [1.82, 2.24) is 0 Å². The lowest BCUT2D eigenvalue weighted by atomic mass is 10.0. The smallest absolute Gasteiger partial charge is 0.128 e. The largest absolute Gasteiger partial charge is 0.493 e. The summed E-state index contributed by atoms with van der Waals surface area (Å²) in [7, 11) is 0. The summed E-state index contributed by atoms with van der Waals surface area (Å²) in [6.45, 7) is 4.58. The number of hydrogen-bond acceptors (Lipinski definition) is 2. The first-order valence-electron chi connectivity index (χ1n) is 7.64. The Morgan fingerprint density at radius 2 is 1.87 bits per heavy atom. The number of rotatable bonds is 4. The van der Waals surface area contributed by atoms with Crippen LogP contribution in [0.3, 0.4) is 0 Å². The third-order valence-electron chi connectivity index (χ3n) is 3.80. The summed E-state index contributed by atoms with van der Waals surface area (Å²) in [5, 5.41) is 3.02. The van der Waals surface area contributed by atoms with Gasteiger partial charge in [-0.2, -0.15) is 0 Å². The van der Waals surface area contributed by atoms with Gasteiger partial charge in [-0.25, -0.2) is 0 Å². The number of ether oxygens (including phenoxy) is 1. The van der Waals surface area contributed by atoms with Crippen molar-refractivity contribution < 1.29 is 4.74 Å². The Morgan fingerprint density at radius 3 is 2.70 bits per heavy atom. The molecule has 0 atom stereocenters. The fraction of sp³-hybridized carbons (Fsp3) is 0.150. The average Bonchev–Trinajstić information content (AvgIpc) is 2.57. The van der Waals surface area contributed by atoms with E-state index < -0.39 is 0 Å². The fourth-order valence-electron chi connectivity index (χ4n) is 2.56. The highest BCUT2D eigenvalue weighted by Crippen LogP contribution is 2.29. The van der Waals surface area contributed by atoms with Crippen LogP contribution < -0.4 is 4.74 Å². The molecular formula is C20H18ClNO. The molecule has 2 nitrogen and oxygen atoms in total. The van der Waals surface area contributed by atoms with E-state index in [0.717, 1.165) is 33.0 Å². The Morgan fingerprint density at radius 1 is 1.04 bits per heavy atom. The van der Waals surface area contributed by atoms with Gasteiger partial charge in [0, 0.05) is 16.8 Å². The van der Waals surface area contributed by atoms with Gasteiger partial charge in [0.25, 0.3) is 0 Å². The van der Waals surface area contributed by atoms with Crippen molar-refractivity contribution >= 4 is 34.3 Å². The molecule has 3 heteroatoms. The minimum atomic E-state index is 0.620. The standard InChI is InChI=1S/C20H18ClNO/c1-3-23-20-12-11-15-7-4-5-8-16(15)17(20)13-22-19-10-6-9-18(21)14(19)2/h4-13H,3H2,1-2H3/b22-13+. The van der Waals surface area contributed by atoms with Crippen LogP contribution in [0.1, 0.15) is 18.1 Å². The number of benzene rings is 3. The number of nitrogens with zero attached hydrogens (tertiary/aromatic N) is 1. The SMILES string of the molecule is CCOc1ccc2ccccc2c1/C=N/c1cccc(Cl)c1C. The molecule has 0 N–H and O–H groups in total. The van der Waals surface area contributed by atoms with Crippen molar-refractivity contribution in [2.45, 2.75) is 13.8 Å². The lowest BCUT2D eigenvalue weighted by Crippen LogP contribution is -1.97. The van der Waals surface area contributed by atoms with E-state index in [1.807, 2.05) is 56.5 Å². The molecule has 0 saturated carbocycles. The molecule has 23 heavy (non-hydrogen) atoms. The molecule has 3 rings (SSSR count). The summed E-state index contributed by atoms with van der Waals surface area (Å²) < 4.78 is 5.77. The van der Waals surface area contributed by atoms with E-state index in [-0.39, 0.29) is 0 Å². The molecule has 0 bridgehead atoms. The van der Waals surface area contributed by atoms with E-state index in [4.69, 9.17) is 16.3 Å². The Hall–Kier alpha value is -2.32. The lowest BCUT2D eigenvalue weighted by Gasteiger charge is -2.10. The van der Waals surface area contributed by atoms with Gasteiger partial charge in [-0.05, 0) is 48.4 Å². The molecule has 0 saturated heterocycles. The predicted molar refractivity (Wildman–Crippen MR) is 98.6 cm³/mol. The van der Waals surface area contributed by atoms with Crippen LogP contribution in [0, 0.1) is 6.92 Å². The van der Waals surface area contributed by atoms with Crippen LogP contribution in [-0.4, -0.2) is 12.8 Å². The highest BCUT2D eigenvalue weighted by molar-refractivity contribution is 6.31. The van der Waals surface area contributed by atoms with Crippen molar-refractivity contribution in [1.29, 1.82) is 0 Å². The first-order chi connectivity index (χ1) is 11.2. The van der Waals surface area contributed by atoms with E-state index in [1.54, 1.807) is 0 Å². The summed E-state index contributed by atoms with van der Waals surface area (Å²) in [5.74, 6) is 0.842. The Labute approximate surface area is 141 Å². The maximum atomic E-state index is 6.17. The van der Waals surface area contributed by atoms with Crippen molar-refractivity contribution in [3.05, 3.63) is 70.7 Å². The molecule has 0 aliphatic heterocycles. The normalized spacial score (nSPS) is 11.3. The molecule has 0 spiro atoms. The second-order valence-electron chi connectivity index (χ2n) is 5.27. The summed E-state index contributed by atoms with van der Waals surface area (Å²) in [6, 6.07) is 18.1. The Bertz CT molecular complexity index is 871. The third kappa shape index (κ3) is 3.22. The second kappa shape index (κ2) is 6.84. The first-order valence-corrected chi connectivity index (χ1v) is 8.02. The van der Waals surface area contributed by atoms with Gasteiger partial charge < -0.3 is 4.74 Å². The van der Waals surface area contributed by atoms with E-state index >= 15 is 0 Å². The third-order valence-corrected chi connectivity index (χ3v) is 4.21. The van der Waals surface area contributed by atoms with E-state index in [2.05, 4.69) is 23.2 Å². The average molecular weight is 324 g/mol. The zero-order valence-electron chi connectivity index (χ0n) is 13.2. The van der Waals surface area contributed by atoms with Crippen molar-refractivity contribution in [2.24, 2.45) is 4.99 Å². The van der Waals surface area contributed by atoms with Gasteiger partial charge >= 0.3 is 0 Å². The Kier molecular flexibility index (Phi) is 4.63. The molecular weight excluding hydrogens is 306 g/mol. The van der Waals surface area contributed by atoms with Crippen LogP contribution in [0.4, 0.5) is 5.69 Å². The number of halogens is 1. The number of aliphatic imine (C=N–C) groups is 1. The van der Waals surface area contributed by atoms with Crippen molar-refractivity contribution in [2.75, 3.05) is 6.61 Å². The van der Waals surface area contributed by atoms with E-state index in [0.29, 0.717) is 6.61 Å². The molecule has 3 aromatic rings. The second-order valence-corrected chi connectivity index (χ2v) is 5.68. The van der Waals surface area contributed by atoms with Crippen LogP contribution in [0.15, 0.2) is 59.6 Å². The molecule has 0 heterocycles. The molecule has 0 fully saturated rings. The summed E-state index contributed by atoms with van der Waals surface area (Å²) in [6.07, 6.45) is 1.87. The predicted octanol–water partition coefficient (Wildman–Crippen LogP) is 5.95.